The second-order valence-corrected chi connectivity index (χ2v) is 4.20. The standard InChI is InChI=1S/C10H20N2O3/c1-8-6-11(10(14)15)7-9(2)12(8)4-3-5-13/h8-9,13H,3-7H2,1-2H3,(H,14,15)/t8-,9?/m0/s1. The van der Waals surface area contributed by atoms with Crippen LogP contribution in [-0.4, -0.2) is 64.4 Å². The summed E-state index contributed by atoms with van der Waals surface area (Å²) < 4.78 is 0. The number of aliphatic hydroxyl groups is 1. The first-order chi connectivity index (χ1) is 7.06. The third-order valence-electron chi connectivity index (χ3n) is 2.95. The lowest BCUT2D eigenvalue weighted by molar-refractivity contribution is 0.0366. The maximum absolute atomic E-state index is 10.8. The third kappa shape index (κ3) is 3.07. The number of carboxylic acid groups (broad SMARTS) is 1. The van der Waals surface area contributed by atoms with Crippen LogP contribution < -0.4 is 0 Å². The van der Waals surface area contributed by atoms with Crippen molar-refractivity contribution in [1.82, 2.24) is 9.80 Å². The molecule has 2 N–H and O–H groups in total. The van der Waals surface area contributed by atoms with Gasteiger partial charge in [-0.05, 0) is 20.3 Å². The Kier molecular flexibility index (Phi) is 4.35. The topological polar surface area (TPSA) is 64.0 Å². The van der Waals surface area contributed by atoms with Crippen molar-refractivity contribution in [3.63, 3.8) is 0 Å². The molecule has 88 valence electrons. The van der Waals surface area contributed by atoms with E-state index in [4.69, 9.17) is 10.2 Å². The van der Waals surface area contributed by atoms with Crippen molar-refractivity contribution in [2.75, 3.05) is 26.2 Å². The Hall–Kier alpha value is -0.810. The average molecular weight is 216 g/mol. The van der Waals surface area contributed by atoms with Gasteiger partial charge in [0.05, 0.1) is 0 Å². The summed E-state index contributed by atoms with van der Waals surface area (Å²) in [6.45, 7) is 6.22. The minimum Gasteiger partial charge on any atom is -0.465 e. The quantitative estimate of drug-likeness (QED) is 0.718. The van der Waals surface area contributed by atoms with E-state index < -0.39 is 6.09 Å². The molecule has 1 rings (SSSR count). The first-order valence-corrected chi connectivity index (χ1v) is 5.40. The summed E-state index contributed by atoms with van der Waals surface area (Å²) in [6, 6.07) is 0.466. The van der Waals surface area contributed by atoms with Gasteiger partial charge in [-0.15, -0.1) is 0 Å². The van der Waals surface area contributed by atoms with Crippen LogP contribution >= 0.6 is 0 Å². The highest BCUT2D eigenvalue weighted by molar-refractivity contribution is 5.65. The zero-order valence-electron chi connectivity index (χ0n) is 9.39. The van der Waals surface area contributed by atoms with Crippen LogP contribution in [0.5, 0.6) is 0 Å². The Balaban J connectivity index is 2.52. The van der Waals surface area contributed by atoms with Crippen molar-refractivity contribution in [2.45, 2.75) is 32.4 Å². The largest absolute Gasteiger partial charge is 0.465 e. The highest BCUT2D eigenvalue weighted by atomic mass is 16.4. The van der Waals surface area contributed by atoms with E-state index in [2.05, 4.69) is 4.90 Å². The molecule has 0 saturated carbocycles. The summed E-state index contributed by atoms with van der Waals surface area (Å²) >= 11 is 0. The van der Waals surface area contributed by atoms with Crippen molar-refractivity contribution in [3.8, 4) is 0 Å². The van der Waals surface area contributed by atoms with Gasteiger partial charge < -0.3 is 15.1 Å². The van der Waals surface area contributed by atoms with Crippen molar-refractivity contribution in [3.05, 3.63) is 0 Å². The van der Waals surface area contributed by atoms with E-state index in [9.17, 15) is 4.79 Å². The van der Waals surface area contributed by atoms with Gasteiger partial charge in [-0.1, -0.05) is 0 Å². The van der Waals surface area contributed by atoms with Crippen LogP contribution in [0.1, 0.15) is 20.3 Å². The van der Waals surface area contributed by atoms with Crippen molar-refractivity contribution in [2.24, 2.45) is 0 Å². The summed E-state index contributed by atoms with van der Waals surface area (Å²) in [4.78, 5) is 14.6. The monoisotopic (exact) mass is 216 g/mol. The highest BCUT2D eigenvalue weighted by Crippen LogP contribution is 2.15. The van der Waals surface area contributed by atoms with Gasteiger partial charge >= 0.3 is 6.09 Å². The lowest BCUT2D eigenvalue weighted by Crippen LogP contribution is -2.57. The van der Waals surface area contributed by atoms with Crippen LogP contribution in [0.25, 0.3) is 0 Å². The maximum Gasteiger partial charge on any atom is 0.407 e. The minimum absolute atomic E-state index is 0.193. The molecule has 1 aliphatic heterocycles. The predicted molar refractivity (Wildman–Crippen MR) is 56.9 cm³/mol. The van der Waals surface area contributed by atoms with Crippen LogP contribution in [0.15, 0.2) is 0 Å². The van der Waals surface area contributed by atoms with Crippen LogP contribution in [0, 0.1) is 0 Å². The van der Waals surface area contributed by atoms with Crippen LogP contribution in [-0.2, 0) is 0 Å². The molecule has 0 aromatic rings. The Morgan fingerprint density at radius 2 is 1.87 bits per heavy atom. The number of hydrogen-bond acceptors (Lipinski definition) is 3. The van der Waals surface area contributed by atoms with Crippen LogP contribution in [0.2, 0.25) is 0 Å². The summed E-state index contributed by atoms with van der Waals surface area (Å²) in [5, 5.41) is 17.7. The molecule has 1 aliphatic rings. The second-order valence-electron chi connectivity index (χ2n) is 4.20. The fourth-order valence-electron chi connectivity index (χ4n) is 2.21. The summed E-state index contributed by atoms with van der Waals surface area (Å²) in [7, 11) is 0. The SMILES string of the molecule is CC1CN(C(=O)O)C[C@H](C)N1CCCO. The molecule has 5 nitrogen and oxygen atoms in total. The molecule has 15 heavy (non-hydrogen) atoms. The summed E-state index contributed by atoms with van der Waals surface area (Å²) in [6.07, 6.45) is -0.0858. The van der Waals surface area contributed by atoms with E-state index in [1.807, 2.05) is 13.8 Å². The molecule has 1 unspecified atom stereocenters. The summed E-state index contributed by atoms with van der Waals surface area (Å²) in [5.41, 5.74) is 0. The van der Waals surface area contributed by atoms with Crippen LogP contribution in [0.3, 0.4) is 0 Å². The van der Waals surface area contributed by atoms with E-state index in [0.29, 0.717) is 13.1 Å². The van der Waals surface area contributed by atoms with Crippen molar-refractivity contribution in [1.29, 1.82) is 0 Å². The van der Waals surface area contributed by atoms with Gasteiger partial charge in [0.15, 0.2) is 0 Å². The maximum atomic E-state index is 10.8. The number of carbonyl (C=O) groups is 1. The van der Waals surface area contributed by atoms with Gasteiger partial charge in [-0.2, -0.15) is 0 Å². The lowest BCUT2D eigenvalue weighted by Gasteiger charge is -2.43. The predicted octanol–water partition coefficient (Wildman–Crippen LogP) is 0.441. The number of nitrogens with zero attached hydrogens (tertiary/aromatic N) is 2. The molecular formula is C10H20N2O3. The first kappa shape index (κ1) is 12.3. The van der Waals surface area contributed by atoms with Gasteiger partial charge in [0, 0.05) is 38.3 Å². The molecule has 2 atom stereocenters. The molecule has 1 amide bonds. The van der Waals surface area contributed by atoms with E-state index in [1.54, 1.807) is 0 Å². The normalized spacial score (nSPS) is 28.1. The third-order valence-corrected chi connectivity index (χ3v) is 2.95. The Labute approximate surface area is 90.3 Å². The average Bonchev–Trinajstić information content (AvgIpc) is 2.16. The molecule has 0 aliphatic carbocycles. The molecular weight excluding hydrogens is 196 g/mol. The number of hydrogen-bond donors (Lipinski definition) is 2. The highest BCUT2D eigenvalue weighted by Gasteiger charge is 2.30. The molecule has 1 saturated heterocycles. The van der Waals surface area contributed by atoms with Gasteiger partial charge in [0.25, 0.3) is 0 Å². The molecule has 0 aromatic carbocycles. The fraction of sp³-hybridized carbons (Fsp3) is 0.900. The number of aliphatic hydroxyl groups excluding tert-OH is 1. The Morgan fingerprint density at radius 1 is 1.33 bits per heavy atom. The Morgan fingerprint density at radius 3 is 2.27 bits per heavy atom. The Bertz CT molecular complexity index is 211. The molecule has 0 aromatic heterocycles. The summed E-state index contributed by atoms with van der Waals surface area (Å²) in [5.74, 6) is 0. The van der Waals surface area contributed by atoms with Gasteiger partial charge in [0.2, 0.25) is 0 Å². The molecule has 1 heterocycles. The first-order valence-electron chi connectivity index (χ1n) is 5.40. The fourth-order valence-corrected chi connectivity index (χ4v) is 2.21. The molecule has 0 bridgehead atoms. The second kappa shape index (κ2) is 5.32. The van der Waals surface area contributed by atoms with Gasteiger partial charge in [0.1, 0.15) is 0 Å². The molecule has 5 heteroatoms. The van der Waals surface area contributed by atoms with Crippen molar-refractivity contribution < 1.29 is 15.0 Å². The van der Waals surface area contributed by atoms with Gasteiger partial charge in [-0.25, -0.2) is 4.79 Å². The van der Waals surface area contributed by atoms with E-state index in [1.165, 1.54) is 4.90 Å². The number of piperazine rings is 1. The van der Waals surface area contributed by atoms with E-state index in [0.717, 1.165) is 13.0 Å². The molecule has 1 fully saturated rings. The smallest absolute Gasteiger partial charge is 0.407 e. The van der Waals surface area contributed by atoms with Gasteiger partial charge in [-0.3, -0.25) is 4.90 Å². The zero-order chi connectivity index (χ0) is 11.4. The number of amides is 1. The molecule has 0 spiro atoms. The number of rotatable bonds is 3. The molecule has 0 radical (unpaired) electrons. The lowest BCUT2D eigenvalue weighted by atomic mass is 10.1. The minimum atomic E-state index is -0.837. The van der Waals surface area contributed by atoms with Crippen molar-refractivity contribution >= 4 is 6.09 Å². The zero-order valence-corrected chi connectivity index (χ0v) is 9.39. The van der Waals surface area contributed by atoms with E-state index >= 15 is 0 Å². The van der Waals surface area contributed by atoms with Crippen LogP contribution in [0.4, 0.5) is 4.79 Å². The van der Waals surface area contributed by atoms with E-state index in [-0.39, 0.29) is 18.7 Å².